The first kappa shape index (κ1) is 18.1. The van der Waals surface area contributed by atoms with Crippen LogP contribution in [0.1, 0.15) is 5.69 Å². The van der Waals surface area contributed by atoms with E-state index in [1.165, 1.54) is 23.5 Å². The number of nitrogens with one attached hydrogen (secondary N) is 1. The summed E-state index contributed by atoms with van der Waals surface area (Å²) in [6.45, 7) is 0.176. The van der Waals surface area contributed by atoms with E-state index >= 15 is 0 Å². The number of rotatable bonds is 7. The van der Waals surface area contributed by atoms with E-state index in [0.717, 1.165) is 28.4 Å². The van der Waals surface area contributed by atoms with E-state index in [0.29, 0.717) is 6.42 Å². The molecule has 2 aromatic heterocycles. The van der Waals surface area contributed by atoms with Crippen molar-refractivity contribution in [3.05, 3.63) is 70.0 Å². The maximum atomic E-state index is 12.2. The lowest BCUT2D eigenvalue weighted by Crippen LogP contribution is -2.26. The molecule has 0 aliphatic heterocycles. The third-order valence-corrected chi connectivity index (χ3v) is 5.91. The molecule has 3 rings (SSSR count). The summed E-state index contributed by atoms with van der Waals surface area (Å²) in [4.78, 5) is 18.6. The van der Waals surface area contributed by atoms with Crippen LogP contribution < -0.4 is 4.72 Å². The SMILES string of the molecule is O=[N+]([O-])c1ccc(S(=O)(=O)NCCc2csc(-c3cccnc3)n2)cc1. The van der Waals surface area contributed by atoms with Crippen LogP contribution in [0.3, 0.4) is 0 Å². The van der Waals surface area contributed by atoms with E-state index < -0.39 is 14.9 Å². The number of nitro benzene ring substituents is 1. The average molecular weight is 390 g/mol. The van der Waals surface area contributed by atoms with E-state index in [1.807, 2.05) is 17.5 Å². The number of non-ortho nitro benzene ring substituents is 1. The zero-order valence-electron chi connectivity index (χ0n) is 13.4. The van der Waals surface area contributed by atoms with Crippen molar-refractivity contribution in [3.63, 3.8) is 0 Å². The molecule has 0 unspecified atom stereocenters. The zero-order chi connectivity index (χ0) is 18.6. The van der Waals surface area contributed by atoms with E-state index in [-0.39, 0.29) is 17.1 Å². The Morgan fingerprint density at radius 3 is 2.62 bits per heavy atom. The number of thiazole rings is 1. The third-order valence-electron chi connectivity index (χ3n) is 3.49. The monoisotopic (exact) mass is 390 g/mol. The summed E-state index contributed by atoms with van der Waals surface area (Å²) >= 11 is 1.47. The zero-order valence-corrected chi connectivity index (χ0v) is 15.0. The molecule has 0 fully saturated rings. The highest BCUT2D eigenvalue weighted by Crippen LogP contribution is 2.22. The van der Waals surface area contributed by atoms with Gasteiger partial charge in [0.15, 0.2) is 0 Å². The summed E-state index contributed by atoms with van der Waals surface area (Å²) in [6.07, 6.45) is 3.84. The number of pyridine rings is 1. The van der Waals surface area contributed by atoms with Gasteiger partial charge in [0.2, 0.25) is 10.0 Å². The van der Waals surface area contributed by atoms with Crippen molar-refractivity contribution in [2.75, 3.05) is 6.54 Å². The number of hydrogen-bond donors (Lipinski definition) is 1. The summed E-state index contributed by atoms with van der Waals surface area (Å²) in [5.41, 5.74) is 1.53. The number of aromatic nitrogens is 2. The van der Waals surface area contributed by atoms with Crippen LogP contribution in [0.15, 0.2) is 59.1 Å². The maximum Gasteiger partial charge on any atom is 0.269 e. The van der Waals surface area contributed by atoms with Crippen LogP contribution in [0.5, 0.6) is 0 Å². The second-order valence-electron chi connectivity index (χ2n) is 5.28. The minimum absolute atomic E-state index is 0.0163. The highest BCUT2D eigenvalue weighted by atomic mass is 32.2. The second-order valence-corrected chi connectivity index (χ2v) is 7.91. The Balaban J connectivity index is 1.60. The van der Waals surface area contributed by atoms with Gasteiger partial charge < -0.3 is 0 Å². The molecule has 134 valence electrons. The Morgan fingerprint density at radius 2 is 1.96 bits per heavy atom. The van der Waals surface area contributed by atoms with Gasteiger partial charge in [0.25, 0.3) is 5.69 Å². The molecule has 3 aromatic rings. The average Bonchev–Trinajstić information content (AvgIpc) is 3.11. The first-order chi connectivity index (χ1) is 12.5. The summed E-state index contributed by atoms with van der Waals surface area (Å²) < 4.78 is 26.9. The van der Waals surface area contributed by atoms with Crippen LogP contribution in [-0.2, 0) is 16.4 Å². The van der Waals surface area contributed by atoms with Crippen molar-refractivity contribution in [2.45, 2.75) is 11.3 Å². The van der Waals surface area contributed by atoms with E-state index in [2.05, 4.69) is 14.7 Å². The molecule has 0 spiro atoms. The Labute approximate surface area is 153 Å². The fraction of sp³-hybridized carbons (Fsp3) is 0.125. The van der Waals surface area contributed by atoms with Gasteiger partial charge in [0.05, 0.1) is 15.5 Å². The molecule has 2 heterocycles. The Kier molecular flexibility index (Phi) is 5.35. The molecule has 10 heteroatoms. The number of benzene rings is 1. The van der Waals surface area contributed by atoms with Crippen molar-refractivity contribution in [1.82, 2.24) is 14.7 Å². The van der Waals surface area contributed by atoms with Gasteiger partial charge in [-0.15, -0.1) is 11.3 Å². The summed E-state index contributed by atoms with van der Waals surface area (Å²) in [5, 5.41) is 13.3. The highest BCUT2D eigenvalue weighted by molar-refractivity contribution is 7.89. The predicted octanol–water partition coefficient (Wildman–Crippen LogP) is 2.63. The number of nitrogens with zero attached hydrogens (tertiary/aromatic N) is 3. The molecule has 0 aliphatic rings. The van der Waals surface area contributed by atoms with Crippen molar-refractivity contribution in [1.29, 1.82) is 0 Å². The molecule has 0 saturated carbocycles. The molecular formula is C16H14N4O4S2. The smallest absolute Gasteiger partial charge is 0.264 e. The van der Waals surface area contributed by atoms with Crippen molar-refractivity contribution in [3.8, 4) is 10.6 Å². The van der Waals surface area contributed by atoms with Crippen LogP contribution >= 0.6 is 11.3 Å². The first-order valence-electron chi connectivity index (χ1n) is 7.54. The fourth-order valence-corrected chi connectivity index (χ4v) is 4.06. The quantitative estimate of drug-likeness (QED) is 0.490. The van der Waals surface area contributed by atoms with Gasteiger partial charge in [-0.25, -0.2) is 18.1 Å². The van der Waals surface area contributed by atoms with Gasteiger partial charge in [0, 0.05) is 48.4 Å². The van der Waals surface area contributed by atoms with Crippen LogP contribution in [-0.4, -0.2) is 29.9 Å². The molecule has 0 radical (unpaired) electrons. The second kappa shape index (κ2) is 7.68. The molecule has 0 aliphatic carbocycles. The van der Waals surface area contributed by atoms with Gasteiger partial charge in [-0.05, 0) is 24.3 Å². The Morgan fingerprint density at radius 1 is 1.19 bits per heavy atom. The standard InChI is InChI=1S/C16H14N4O4S2/c21-20(22)14-3-5-15(6-4-14)26(23,24)18-9-7-13-11-25-16(19-13)12-2-1-8-17-10-12/h1-6,8,10-11,18H,7,9H2. The molecular weight excluding hydrogens is 376 g/mol. The van der Waals surface area contributed by atoms with Crippen LogP contribution in [0, 0.1) is 10.1 Å². The lowest BCUT2D eigenvalue weighted by molar-refractivity contribution is -0.384. The lowest BCUT2D eigenvalue weighted by Gasteiger charge is -2.05. The van der Waals surface area contributed by atoms with E-state index in [1.54, 1.807) is 12.4 Å². The normalized spacial score (nSPS) is 11.4. The molecule has 1 N–H and O–H groups in total. The summed E-state index contributed by atoms with van der Waals surface area (Å²) in [7, 11) is -3.73. The lowest BCUT2D eigenvalue weighted by atomic mass is 10.3. The summed E-state index contributed by atoms with van der Waals surface area (Å²) in [6, 6.07) is 8.49. The Hall–Kier alpha value is -2.69. The minimum atomic E-state index is -3.73. The fourth-order valence-electron chi connectivity index (χ4n) is 2.19. The predicted molar refractivity (Wildman–Crippen MR) is 97.3 cm³/mol. The maximum absolute atomic E-state index is 12.2. The van der Waals surface area contributed by atoms with Gasteiger partial charge in [-0.3, -0.25) is 15.1 Å². The molecule has 0 saturated heterocycles. The van der Waals surface area contributed by atoms with Gasteiger partial charge >= 0.3 is 0 Å². The largest absolute Gasteiger partial charge is 0.269 e. The topological polar surface area (TPSA) is 115 Å². The highest BCUT2D eigenvalue weighted by Gasteiger charge is 2.15. The Bertz CT molecular complexity index is 1000. The van der Waals surface area contributed by atoms with E-state index in [9.17, 15) is 18.5 Å². The molecule has 0 amide bonds. The van der Waals surface area contributed by atoms with Crippen LogP contribution in [0.25, 0.3) is 10.6 Å². The third kappa shape index (κ3) is 4.28. The summed E-state index contributed by atoms with van der Waals surface area (Å²) in [5.74, 6) is 0. The minimum Gasteiger partial charge on any atom is -0.264 e. The molecule has 8 nitrogen and oxygen atoms in total. The van der Waals surface area contributed by atoms with Crippen molar-refractivity contribution < 1.29 is 13.3 Å². The van der Waals surface area contributed by atoms with Crippen LogP contribution in [0.4, 0.5) is 5.69 Å². The number of hydrogen-bond acceptors (Lipinski definition) is 7. The molecule has 0 bridgehead atoms. The molecule has 0 atom stereocenters. The van der Waals surface area contributed by atoms with Gasteiger partial charge in [-0.2, -0.15) is 0 Å². The van der Waals surface area contributed by atoms with Gasteiger partial charge in [0.1, 0.15) is 5.01 Å². The van der Waals surface area contributed by atoms with Gasteiger partial charge in [-0.1, -0.05) is 0 Å². The van der Waals surface area contributed by atoms with E-state index in [4.69, 9.17) is 0 Å². The van der Waals surface area contributed by atoms with Crippen molar-refractivity contribution >= 4 is 27.0 Å². The van der Waals surface area contributed by atoms with Crippen molar-refractivity contribution in [2.24, 2.45) is 0 Å². The molecule has 26 heavy (non-hydrogen) atoms. The number of nitro groups is 1. The first-order valence-corrected chi connectivity index (χ1v) is 9.91. The number of sulfonamides is 1. The molecule has 1 aromatic carbocycles. The van der Waals surface area contributed by atoms with Crippen LogP contribution in [0.2, 0.25) is 0 Å².